The van der Waals surface area contributed by atoms with Gasteiger partial charge in [0.25, 0.3) is 0 Å². The second-order valence-corrected chi connectivity index (χ2v) is 6.37. The molecule has 1 aliphatic rings. The first-order valence-electron chi connectivity index (χ1n) is 8.59. The Bertz CT molecular complexity index is 807. The first-order chi connectivity index (χ1) is 11.8. The predicted octanol–water partition coefficient (Wildman–Crippen LogP) is 3.86. The Morgan fingerprint density at radius 2 is 1.92 bits per heavy atom. The molecule has 122 valence electrons. The number of likely N-dealkylation sites (tertiary alicyclic amines) is 1. The van der Waals surface area contributed by atoms with Gasteiger partial charge in [-0.1, -0.05) is 42.5 Å². The van der Waals surface area contributed by atoms with Gasteiger partial charge in [-0.3, -0.25) is 4.79 Å². The fraction of sp³-hybridized carbons (Fsp3) is 0.300. The Hall–Kier alpha value is -2.62. The summed E-state index contributed by atoms with van der Waals surface area (Å²) in [5, 5.41) is 0. The molecule has 0 aliphatic carbocycles. The molecule has 4 heteroatoms. The van der Waals surface area contributed by atoms with Crippen molar-refractivity contribution in [1.29, 1.82) is 0 Å². The highest BCUT2D eigenvalue weighted by molar-refractivity contribution is 5.78. The van der Waals surface area contributed by atoms with Crippen LogP contribution < -0.4 is 0 Å². The largest absolute Gasteiger partial charge is 0.340 e. The maximum atomic E-state index is 12.7. The number of nitrogens with zero attached hydrogens (tertiary/aromatic N) is 2. The van der Waals surface area contributed by atoms with E-state index in [4.69, 9.17) is 4.98 Å². The number of rotatable bonds is 4. The highest BCUT2D eigenvalue weighted by atomic mass is 16.2. The maximum Gasteiger partial charge on any atom is 0.223 e. The molecule has 0 radical (unpaired) electrons. The first-order valence-corrected chi connectivity index (χ1v) is 8.59. The number of nitrogens with one attached hydrogen (secondary N) is 1. The minimum absolute atomic E-state index is 0.0840. The van der Waals surface area contributed by atoms with Crippen LogP contribution in [0.3, 0.4) is 0 Å². The normalized spacial score (nSPS) is 17.5. The van der Waals surface area contributed by atoms with Crippen LogP contribution in [0.4, 0.5) is 0 Å². The summed E-state index contributed by atoms with van der Waals surface area (Å²) in [5.74, 6) is 1.14. The van der Waals surface area contributed by atoms with Crippen LogP contribution in [0.1, 0.15) is 36.7 Å². The summed E-state index contributed by atoms with van der Waals surface area (Å²) in [5.41, 5.74) is 3.22. The van der Waals surface area contributed by atoms with E-state index in [2.05, 4.69) is 17.1 Å². The van der Waals surface area contributed by atoms with Gasteiger partial charge in [-0.05, 0) is 37.0 Å². The average molecular weight is 319 g/mol. The summed E-state index contributed by atoms with van der Waals surface area (Å²) in [4.78, 5) is 22.8. The number of hydrogen-bond donors (Lipinski definition) is 1. The Labute approximate surface area is 141 Å². The second kappa shape index (κ2) is 6.48. The molecule has 0 saturated carbocycles. The SMILES string of the molecule is O=C(CCc1ccccc1)N1CCCC1c1nc2ccccc2[nH]1. The third-order valence-electron chi connectivity index (χ3n) is 4.77. The quantitative estimate of drug-likeness (QED) is 0.794. The topological polar surface area (TPSA) is 49.0 Å². The van der Waals surface area contributed by atoms with Crippen LogP contribution in [0.2, 0.25) is 0 Å². The van der Waals surface area contributed by atoms with E-state index in [1.165, 1.54) is 5.56 Å². The first kappa shape index (κ1) is 14.9. The van der Waals surface area contributed by atoms with Crippen molar-refractivity contribution < 1.29 is 4.79 Å². The van der Waals surface area contributed by atoms with Gasteiger partial charge in [0.2, 0.25) is 5.91 Å². The monoisotopic (exact) mass is 319 g/mol. The number of fused-ring (bicyclic) bond motifs is 1. The molecule has 4 rings (SSSR count). The van der Waals surface area contributed by atoms with Gasteiger partial charge >= 0.3 is 0 Å². The summed E-state index contributed by atoms with van der Waals surface area (Å²) < 4.78 is 0. The van der Waals surface area contributed by atoms with Crippen LogP contribution >= 0.6 is 0 Å². The number of carbonyl (C=O) groups excluding carboxylic acids is 1. The van der Waals surface area contributed by atoms with E-state index < -0.39 is 0 Å². The minimum Gasteiger partial charge on any atom is -0.340 e. The lowest BCUT2D eigenvalue weighted by Gasteiger charge is -2.23. The molecule has 1 amide bonds. The number of hydrogen-bond acceptors (Lipinski definition) is 2. The highest BCUT2D eigenvalue weighted by Crippen LogP contribution is 2.32. The molecule has 1 N–H and O–H groups in total. The molecule has 0 spiro atoms. The van der Waals surface area contributed by atoms with Crippen molar-refractivity contribution in [2.75, 3.05) is 6.54 Å². The van der Waals surface area contributed by atoms with Crippen molar-refractivity contribution >= 4 is 16.9 Å². The molecule has 1 aliphatic heterocycles. The van der Waals surface area contributed by atoms with Crippen molar-refractivity contribution in [3.63, 3.8) is 0 Å². The van der Waals surface area contributed by atoms with E-state index in [1.54, 1.807) is 0 Å². The summed E-state index contributed by atoms with van der Waals surface area (Å²) in [6.45, 7) is 0.829. The molecule has 2 aromatic carbocycles. The standard InChI is InChI=1S/C20H21N3O/c24-19(13-12-15-7-2-1-3-8-15)23-14-6-11-18(23)20-21-16-9-4-5-10-17(16)22-20/h1-5,7-10,18H,6,11-14H2,(H,21,22). The van der Waals surface area contributed by atoms with Crippen molar-refractivity contribution in [2.45, 2.75) is 31.7 Å². The summed E-state index contributed by atoms with van der Waals surface area (Å²) in [6, 6.07) is 18.3. The zero-order valence-electron chi connectivity index (χ0n) is 13.6. The smallest absolute Gasteiger partial charge is 0.223 e. The van der Waals surface area contributed by atoms with E-state index >= 15 is 0 Å². The van der Waals surface area contributed by atoms with Gasteiger partial charge in [0.15, 0.2) is 0 Å². The number of aryl methyl sites for hydroxylation is 1. The zero-order valence-corrected chi connectivity index (χ0v) is 13.6. The molecule has 3 aromatic rings. The Kier molecular flexibility index (Phi) is 4.03. The van der Waals surface area contributed by atoms with Crippen LogP contribution in [-0.2, 0) is 11.2 Å². The summed E-state index contributed by atoms with van der Waals surface area (Å²) >= 11 is 0. The van der Waals surface area contributed by atoms with Gasteiger partial charge in [0, 0.05) is 13.0 Å². The number of carbonyl (C=O) groups is 1. The predicted molar refractivity (Wildman–Crippen MR) is 94.5 cm³/mol. The Morgan fingerprint density at radius 1 is 1.12 bits per heavy atom. The lowest BCUT2D eigenvalue weighted by molar-refractivity contribution is -0.132. The summed E-state index contributed by atoms with van der Waals surface area (Å²) in [7, 11) is 0. The van der Waals surface area contributed by atoms with Crippen LogP contribution in [-0.4, -0.2) is 27.3 Å². The zero-order chi connectivity index (χ0) is 16.4. The highest BCUT2D eigenvalue weighted by Gasteiger charge is 2.31. The minimum atomic E-state index is 0.0840. The molecule has 24 heavy (non-hydrogen) atoms. The fourth-order valence-corrected chi connectivity index (χ4v) is 3.52. The van der Waals surface area contributed by atoms with Crippen LogP contribution in [0, 0.1) is 0 Å². The summed E-state index contributed by atoms with van der Waals surface area (Å²) in [6.07, 6.45) is 3.37. The molecule has 4 nitrogen and oxygen atoms in total. The molecule has 1 unspecified atom stereocenters. The second-order valence-electron chi connectivity index (χ2n) is 6.37. The lowest BCUT2D eigenvalue weighted by atomic mass is 10.1. The van der Waals surface area contributed by atoms with E-state index in [9.17, 15) is 4.79 Å². The van der Waals surface area contributed by atoms with Gasteiger partial charge in [-0.15, -0.1) is 0 Å². The van der Waals surface area contributed by atoms with E-state index in [0.717, 1.165) is 42.7 Å². The van der Waals surface area contributed by atoms with Gasteiger partial charge in [0.05, 0.1) is 17.1 Å². The van der Waals surface area contributed by atoms with E-state index in [0.29, 0.717) is 6.42 Å². The van der Waals surface area contributed by atoms with Crippen LogP contribution in [0.15, 0.2) is 54.6 Å². The number of amides is 1. The molecule has 2 heterocycles. The molecule has 1 fully saturated rings. The van der Waals surface area contributed by atoms with Crippen molar-refractivity contribution in [2.24, 2.45) is 0 Å². The third-order valence-corrected chi connectivity index (χ3v) is 4.77. The maximum absolute atomic E-state index is 12.7. The third kappa shape index (κ3) is 2.92. The number of H-pyrrole nitrogens is 1. The molecular formula is C20H21N3O. The number of imidazole rings is 1. The number of benzene rings is 2. The Balaban J connectivity index is 1.48. The molecule has 1 saturated heterocycles. The van der Waals surface area contributed by atoms with E-state index in [1.807, 2.05) is 47.4 Å². The Morgan fingerprint density at radius 3 is 2.75 bits per heavy atom. The van der Waals surface area contributed by atoms with Crippen molar-refractivity contribution in [3.8, 4) is 0 Å². The molecule has 0 bridgehead atoms. The number of aromatic amines is 1. The average Bonchev–Trinajstić information content (AvgIpc) is 3.26. The lowest BCUT2D eigenvalue weighted by Crippen LogP contribution is -2.31. The van der Waals surface area contributed by atoms with Gasteiger partial charge in [-0.2, -0.15) is 0 Å². The fourth-order valence-electron chi connectivity index (χ4n) is 3.52. The van der Waals surface area contributed by atoms with Crippen LogP contribution in [0.25, 0.3) is 11.0 Å². The van der Waals surface area contributed by atoms with Gasteiger partial charge in [-0.25, -0.2) is 4.98 Å². The van der Waals surface area contributed by atoms with Crippen LogP contribution in [0.5, 0.6) is 0 Å². The van der Waals surface area contributed by atoms with E-state index in [-0.39, 0.29) is 11.9 Å². The number of aromatic nitrogens is 2. The molecular weight excluding hydrogens is 298 g/mol. The van der Waals surface area contributed by atoms with Crippen molar-refractivity contribution in [1.82, 2.24) is 14.9 Å². The molecule has 1 aromatic heterocycles. The van der Waals surface area contributed by atoms with Crippen molar-refractivity contribution in [3.05, 3.63) is 66.0 Å². The molecule has 1 atom stereocenters. The van der Waals surface area contributed by atoms with Gasteiger partial charge in [0.1, 0.15) is 5.82 Å². The number of para-hydroxylation sites is 2. The van der Waals surface area contributed by atoms with Gasteiger partial charge < -0.3 is 9.88 Å².